The molecular formula is C30H37BrCl2FN3O3Si2. The summed E-state index contributed by atoms with van der Waals surface area (Å²) in [7, 11) is -2.69. The summed E-state index contributed by atoms with van der Waals surface area (Å²) in [5.74, 6) is -0.111. The highest BCUT2D eigenvalue weighted by Crippen LogP contribution is 2.37. The van der Waals surface area contributed by atoms with Gasteiger partial charge in [-0.1, -0.05) is 78.4 Å². The van der Waals surface area contributed by atoms with Crippen LogP contribution in [0, 0.1) is 5.82 Å². The third-order valence-electron chi connectivity index (χ3n) is 6.82. The normalized spacial score (nSPS) is 13.2. The fourth-order valence-electron chi connectivity index (χ4n) is 4.38. The lowest BCUT2D eigenvalue weighted by molar-refractivity contribution is 0.0821. The average molecular weight is 714 g/mol. The van der Waals surface area contributed by atoms with Crippen molar-refractivity contribution in [3.8, 4) is 0 Å². The Morgan fingerprint density at radius 1 is 0.976 bits per heavy atom. The van der Waals surface area contributed by atoms with Crippen molar-refractivity contribution in [1.82, 2.24) is 9.55 Å². The molecule has 1 atom stereocenters. The molecule has 0 saturated carbocycles. The number of hydrogen-bond acceptors (Lipinski definition) is 5. The number of ether oxygens (including phenoxy) is 2. The van der Waals surface area contributed by atoms with Gasteiger partial charge in [-0.05, 0) is 48.5 Å². The predicted molar refractivity (Wildman–Crippen MR) is 182 cm³/mol. The van der Waals surface area contributed by atoms with Gasteiger partial charge in [0.2, 0.25) is 0 Å². The molecule has 0 saturated heterocycles. The molecule has 4 aromatic rings. The Morgan fingerprint density at radius 3 is 2.26 bits per heavy atom. The van der Waals surface area contributed by atoms with Gasteiger partial charge in [0.1, 0.15) is 18.4 Å². The predicted octanol–water partition coefficient (Wildman–Crippen LogP) is 9.54. The van der Waals surface area contributed by atoms with E-state index in [1.54, 1.807) is 10.8 Å². The first-order valence-corrected chi connectivity index (χ1v) is 22.8. The molecule has 0 radical (unpaired) electrons. The third kappa shape index (κ3) is 8.43. The van der Waals surface area contributed by atoms with Crippen LogP contribution >= 0.6 is 39.1 Å². The van der Waals surface area contributed by atoms with Crippen LogP contribution in [0.15, 0.2) is 51.9 Å². The van der Waals surface area contributed by atoms with Crippen LogP contribution in [0.25, 0.3) is 21.7 Å². The fraction of sp³-hybridized carbons (Fsp3) is 0.400. The first-order chi connectivity index (χ1) is 19.6. The van der Waals surface area contributed by atoms with E-state index in [2.05, 4.69) is 60.5 Å². The number of halogens is 4. The zero-order valence-corrected chi connectivity index (χ0v) is 29.9. The molecule has 2 aromatic heterocycles. The molecule has 12 heteroatoms. The minimum absolute atomic E-state index is 0.136. The lowest BCUT2D eigenvalue weighted by Crippen LogP contribution is -2.25. The quantitative estimate of drug-likeness (QED) is 0.0686. The first kappa shape index (κ1) is 33.1. The molecule has 1 N–H and O–H groups in total. The number of aromatic nitrogens is 2. The van der Waals surface area contributed by atoms with Crippen LogP contribution in [0.1, 0.15) is 11.8 Å². The van der Waals surface area contributed by atoms with Crippen LogP contribution in [0.5, 0.6) is 0 Å². The van der Waals surface area contributed by atoms with Crippen molar-refractivity contribution in [2.75, 3.05) is 18.5 Å². The summed E-state index contributed by atoms with van der Waals surface area (Å²) in [6.45, 7) is 14.8. The molecule has 0 bridgehead atoms. The molecule has 0 aliphatic carbocycles. The molecule has 0 fully saturated rings. The van der Waals surface area contributed by atoms with Crippen LogP contribution in [0.4, 0.5) is 10.2 Å². The van der Waals surface area contributed by atoms with Crippen molar-refractivity contribution in [3.63, 3.8) is 0 Å². The zero-order chi connectivity index (χ0) is 30.8. The largest absolute Gasteiger partial charge is 0.361 e. The van der Waals surface area contributed by atoms with Gasteiger partial charge in [-0.3, -0.25) is 9.36 Å². The Morgan fingerprint density at radius 2 is 1.62 bits per heavy atom. The van der Waals surface area contributed by atoms with Gasteiger partial charge in [-0.15, -0.1) is 0 Å². The molecule has 0 spiro atoms. The van der Waals surface area contributed by atoms with E-state index < -0.39 is 28.2 Å². The second-order valence-electron chi connectivity index (χ2n) is 12.8. The molecule has 6 nitrogen and oxygen atoms in total. The highest BCUT2D eigenvalue weighted by Gasteiger charge is 2.24. The Hall–Kier alpha value is -1.80. The van der Waals surface area contributed by atoms with E-state index in [1.807, 2.05) is 24.3 Å². The summed E-state index contributed by atoms with van der Waals surface area (Å²) in [4.78, 5) is 18.8. The number of fused-ring (bicyclic) bond motifs is 3. The standard InChI is InChI=1S/C30H37BrCl2FN3O3Si2/c1-41(2,3)13-11-39-18-37-10-9-21-26(30(37)38)22-15-19(31)7-8-25(22)35-28(21)36-29(40-12-14-42(4,5)6)27-23(32)16-20(34)17-24(27)33/h7-10,15-17,29H,11-14,18H2,1-6H3,(H,35,36). The van der Waals surface area contributed by atoms with Gasteiger partial charge < -0.3 is 14.8 Å². The topological polar surface area (TPSA) is 65.4 Å². The summed E-state index contributed by atoms with van der Waals surface area (Å²) in [6, 6.07) is 11.8. The first-order valence-electron chi connectivity index (χ1n) is 13.9. The molecule has 226 valence electrons. The SMILES string of the molecule is C[Si](C)(C)CCOCn1ccc2c(NC(OCC[Si](C)(C)C)c3c(Cl)cc(F)cc3Cl)nc3ccc(Br)cc3c2c1=O. The van der Waals surface area contributed by atoms with Crippen molar-refractivity contribution in [1.29, 1.82) is 0 Å². The van der Waals surface area contributed by atoms with Crippen molar-refractivity contribution < 1.29 is 13.9 Å². The summed E-state index contributed by atoms with van der Waals surface area (Å²) < 4.78 is 28.7. The molecule has 0 aliphatic rings. The van der Waals surface area contributed by atoms with Gasteiger partial charge in [0.05, 0.1) is 20.9 Å². The molecule has 2 heterocycles. The second kappa shape index (κ2) is 13.5. The monoisotopic (exact) mass is 711 g/mol. The number of rotatable bonds is 12. The van der Waals surface area contributed by atoms with E-state index in [0.717, 1.165) is 16.6 Å². The van der Waals surface area contributed by atoms with E-state index in [-0.39, 0.29) is 22.3 Å². The fourth-order valence-corrected chi connectivity index (χ4v) is 6.89. The maximum atomic E-state index is 14.1. The second-order valence-corrected chi connectivity index (χ2v) is 25.8. The van der Waals surface area contributed by atoms with E-state index in [4.69, 9.17) is 37.7 Å². The van der Waals surface area contributed by atoms with Gasteiger partial charge in [0.15, 0.2) is 6.23 Å². The highest BCUT2D eigenvalue weighted by molar-refractivity contribution is 9.10. The number of pyridine rings is 2. The van der Waals surface area contributed by atoms with Crippen molar-refractivity contribution in [2.24, 2.45) is 0 Å². The summed E-state index contributed by atoms with van der Waals surface area (Å²) in [5.41, 5.74) is 0.841. The van der Waals surface area contributed by atoms with Gasteiger partial charge in [0.25, 0.3) is 5.56 Å². The molecule has 0 aliphatic heterocycles. The van der Waals surface area contributed by atoms with E-state index in [1.165, 1.54) is 12.1 Å². The van der Waals surface area contributed by atoms with Crippen LogP contribution < -0.4 is 10.9 Å². The maximum absolute atomic E-state index is 14.1. The smallest absolute Gasteiger partial charge is 0.261 e. The minimum Gasteiger partial charge on any atom is -0.361 e. The lowest BCUT2D eigenvalue weighted by atomic mass is 10.1. The third-order valence-corrected chi connectivity index (χ3v) is 11.3. The molecule has 42 heavy (non-hydrogen) atoms. The summed E-state index contributed by atoms with van der Waals surface area (Å²) in [5, 5.41) is 5.44. The minimum atomic E-state index is -1.43. The Kier molecular flexibility index (Phi) is 10.6. The van der Waals surface area contributed by atoms with Crippen molar-refractivity contribution >= 4 is 82.8 Å². The number of anilines is 1. The molecular weight excluding hydrogens is 676 g/mol. The Labute approximate surface area is 266 Å². The van der Waals surface area contributed by atoms with Gasteiger partial charge in [-0.2, -0.15) is 0 Å². The van der Waals surface area contributed by atoms with Crippen LogP contribution in [0.2, 0.25) is 61.4 Å². The van der Waals surface area contributed by atoms with E-state index in [0.29, 0.717) is 46.3 Å². The molecule has 0 amide bonds. The number of benzene rings is 2. The highest BCUT2D eigenvalue weighted by atomic mass is 79.9. The lowest BCUT2D eigenvalue weighted by Gasteiger charge is -2.25. The Balaban J connectivity index is 1.80. The zero-order valence-electron chi connectivity index (χ0n) is 24.8. The Bertz CT molecular complexity index is 1630. The molecule has 2 aromatic carbocycles. The van der Waals surface area contributed by atoms with Crippen molar-refractivity contribution in [3.05, 3.63) is 78.8 Å². The molecule has 1 unspecified atom stereocenters. The maximum Gasteiger partial charge on any atom is 0.261 e. The van der Waals surface area contributed by atoms with Crippen molar-refractivity contribution in [2.45, 2.75) is 64.3 Å². The number of nitrogens with one attached hydrogen (secondary N) is 1. The van der Waals surface area contributed by atoms with Gasteiger partial charge in [-0.25, -0.2) is 9.37 Å². The van der Waals surface area contributed by atoms with Gasteiger partial charge in [0, 0.05) is 56.4 Å². The molecule has 4 rings (SSSR count). The number of nitrogens with zero attached hydrogens (tertiary/aromatic N) is 2. The van der Waals surface area contributed by atoms with Crippen LogP contribution in [-0.2, 0) is 16.2 Å². The summed E-state index contributed by atoms with van der Waals surface area (Å²) >= 11 is 16.5. The average Bonchev–Trinajstić information content (AvgIpc) is 2.85. The summed E-state index contributed by atoms with van der Waals surface area (Å²) in [6.07, 6.45) is 0.882. The van der Waals surface area contributed by atoms with Crippen LogP contribution in [0.3, 0.4) is 0 Å². The van der Waals surface area contributed by atoms with E-state index in [9.17, 15) is 9.18 Å². The van der Waals surface area contributed by atoms with E-state index >= 15 is 0 Å². The van der Waals surface area contributed by atoms with Gasteiger partial charge >= 0.3 is 0 Å². The van der Waals surface area contributed by atoms with Crippen LogP contribution in [-0.4, -0.2) is 38.9 Å². The number of hydrogen-bond donors (Lipinski definition) is 1.